The third-order valence-corrected chi connectivity index (χ3v) is 5.57. The van der Waals surface area contributed by atoms with Crippen molar-refractivity contribution in [2.75, 3.05) is 19.6 Å². The van der Waals surface area contributed by atoms with Crippen LogP contribution in [0.2, 0.25) is 0 Å². The van der Waals surface area contributed by atoms with Crippen molar-refractivity contribution in [2.45, 2.75) is 136 Å². The van der Waals surface area contributed by atoms with Crippen LogP contribution in [0.3, 0.4) is 0 Å². The average molecular weight is 382 g/mol. The fourth-order valence-corrected chi connectivity index (χ4v) is 3.93. The fourth-order valence-electron chi connectivity index (χ4n) is 3.93. The van der Waals surface area contributed by atoms with Crippen molar-refractivity contribution in [3.8, 4) is 0 Å². The Balaban J connectivity index is 3.31. The quantitative estimate of drug-likeness (QED) is 0.177. The summed E-state index contributed by atoms with van der Waals surface area (Å²) in [5.74, 6) is 0.492. The molecular formula is C25H51NO. The highest BCUT2D eigenvalue weighted by atomic mass is 16.1. The fraction of sp³-hybridized carbons (Fsp3) is 0.960. The van der Waals surface area contributed by atoms with Crippen LogP contribution >= 0.6 is 0 Å². The summed E-state index contributed by atoms with van der Waals surface area (Å²) in [4.78, 5) is 14.5. The highest BCUT2D eigenvalue weighted by Crippen LogP contribution is 2.13. The van der Waals surface area contributed by atoms with Crippen LogP contribution in [0.4, 0.5) is 0 Å². The first-order valence-electron chi connectivity index (χ1n) is 12.5. The molecule has 2 heteroatoms. The van der Waals surface area contributed by atoms with Crippen molar-refractivity contribution in [3.05, 3.63) is 0 Å². The van der Waals surface area contributed by atoms with Gasteiger partial charge in [-0.05, 0) is 45.3 Å². The maximum absolute atomic E-state index is 12.0. The zero-order valence-electron chi connectivity index (χ0n) is 19.2. The van der Waals surface area contributed by atoms with Gasteiger partial charge in [0.05, 0.1) is 0 Å². The number of rotatable bonds is 22. The lowest BCUT2D eigenvalue weighted by atomic mass is 10.0. The summed E-state index contributed by atoms with van der Waals surface area (Å²) in [6.45, 7) is 10.2. The molecule has 0 bridgehead atoms. The monoisotopic (exact) mass is 381 g/mol. The molecule has 0 radical (unpaired) electrons. The number of nitrogens with zero attached hydrogens (tertiary/aromatic N) is 1. The number of hydrogen-bond donors (Lipinski definition) is 0. The van der Waals surface area contributed by atoms with E-state index in [9.17, 15) is 4.79 Å². The Morgan fingerprint density at radius 3 is 1.33 bits per heavy atom. The smallest absolute Gasteiger partial charge is 0.132 e. The van der Waals surface area contributed by atoms with E-state index in [4.69, 9.17) is 0 Å². The number of carbonyl (C=O) groups is 1. The minimum Gasteiger partial charge on any atom is -0.303 e. The Kier molecular flexibility index (Phi) is 21.6. The van der Waals surface area contributed by atoms with Gasteiger partial charge in [0.15, 0.2) is 0 Å². The Morgan fingerprint density at radius 2 is 0.889 bits per heavy atom. The molecule has 0 aliphatic rings. The molecule has 0 rings (SSSR count). The van der Waals surface area contributed by atoms with Gasteiger partial charge >= 0.3 is 0 Å². The van der Waals surface area contributed by atoms with E-state index < -0.39 is 0 Å². The molecule has 0 atom stereocenters. The van der Waals surface area contributed by atoms with E-state index in [1.807, 2.05) is 0 Å². The third-order valence-electron chi connectivity index (χ3n) is 5.57. The Bertz CT molecular complexity index is 297. The zero-order valence-corrected chi connectivity index (χ0v) is 19.2. The maximum Gasteiger partial charge on any atom is 0.132 e. The van der Waals surface area contributed by atoms with Crippen molar-refractivity contribution in [1.82, 2.24) is 4.90 Å². The molecule has 0 fully saturated rings. The van der Waals surface area contributed by atoms with E-state index in [-0.39, 0.29) is 0 Å². The molecule has 0 aromatic carbocycles. The summed E-state index contributed by atoms with van der Waals surface area (Å²) in [6, 6.07) is 0. The van der Waals surface area contributed by atoms with Crippen molar-refractivity contribution in [2.24, 2.45) is 0 Å². The largest absolute Gasteiger partial charge is 0.303 e. The van der Waals surface area contributed by atoms with Gasteiger partial charge in [-0.15, -0.1) is 0 Å². The average Bonchev–Trinajstić information content (AvgIpc) is 2.66. The summed E-state index contributed by atoms with van der Waals surface area (Å²) in [6.07, 6.45) is 22.9. The van der Waals surface area contributed by atoms with E-state index in [1.54, 1.807) is 0 Å². The first kappa shape index (κ1) is 26.6. The Labute approximate surface area is 171 Å². The summed E-state index contributed by atoms with van der Waals surface area (Å²) in [5, 5.41) is 0. The molecule has 0 N–H and O–H groups in total. The lowest BCUT2D eigenvalue weighted by Gasteiger charge is -2.20. The molecule has 162 valence electrons. The predicted molar refractivity (Wildman–Crippen MR) is 122 cm³/mol. The third kappa shape index (κ3) is 20.2. The second kappa shape index (κ2) is 21.9. The van der Waals surface area contributed by atoms with Crippen LogP contribution in [-0.4, -0.2) is 30.3 Å². The van der Waals surface area contributed by atoms with Gasteiger partial charge in [0, 0.05) is 12.8 Å². The molecule has 0 aromatic heterocycles. The van der Waals surface area contributed by atoms with Gasteiger partial charge in [-0.3, -0.25) is 4.79 Å². The van der Waals surface area contributed by atoms with Gasteiger partial charge in [-0.1, -0.05) is 97.8 Å². The molecule has 0 aromatic rings. The summed E-state index contributed by atoms with van der Waals surface area (Å²) < 4.78 is 0. The summed E-state index contributed by atoms with van der Waals surface area (Å²) in [7, 11) is 0. The van der Waals surface area contributed by atoms with Gasteiger partial charge in [0.1, 0.15) is 5.78 Å². The number of Topliss-reactive ketones (excluding diaryl/α,β-unsaturated/α-hetero) is 1. The van der Waals surface area contributed by atoms with Gasteiger partial charge in [-0.2, -0.15) is 0 Å². The van der Waals surface area contributed by atoms with Gasteiger partial charge in [-0.25, -0.2) is 0 Å². The number of unbranched alkanes of at least 4 members (excludes halogenated alkanes) is 12. The number of hydrogen-bond acceptors (Lipinski definition) is 2. The van der Waals surface area contributed by atoms with Crippen LogP contribution < -0.4 is 0 Å². The topological polar surface area (TPSA) is 20.3 Å². The van der Waals surface area contributed by atoms with E-state index in [1.165, 1.54) is 103 Å². The Morgan fingerprint density at radius 1 is 0.481 bits per heavy atom. The second-order valence-electron chi connectivity index (χ2n) is 8.48. The molecule has 0 saturated carbocycles. The van der Waals surface area contributed by atoms with E-state index in [0.717, 1.165) is 32.2 Å². The summed E-state index contributed by atoms with van der Waals surface area (Å²) in [5.41, 5.74) is 0. The molecule has 0 amide bonds. The lowest BCUT2D eigenvalue weighted by Crippen LogP contribution is -2.26. The second-order valence-corrected chi connectivity index (χ2v) is 8.48. The van der Waals surface area contributed by atoms with Crippen LogP contribution in [0.15, 0.2) is 0 Å². The van der Waals surface area contributed by atoms with Crippen LogP contribution in [0.1, 0.15) is 136 Å². The molecule has 2 nitrogen and oxygen atoms in total. The standard InChI is InChI=1S/C25H51NO/c1-4-7-8-9-10-11-12-13-14-15-16-17-18-20-25(27)21-19-24-26(22-5-2)23-6-3/h4-24H2,1-3H3. The van der Waals surface area contributed by atoms with Crippen LogP contribution in [-0.2, 0) is 4.79 Å². The normalized spacial score (nSPS) is 11.4. The van der Waals surface area contributed by atoms with Crippen molar-refractivity contribution in [1.29, 1.82) is 0 Å². The molecule has 0 heterocycles. The number of ketones is 1. The molecule has 0 aliphatic carbocycles. The predicted octanol–water partition coefficient (Wildman–Crippen LogP) is 7.94. The van der Waals surface area contributed by atoms with Crippen LogP contribution in [0, 0.1) is 0 Å². The highest BCUT2D eigenvalue weighted by Gasteiger charge is 2.05. The van der Waals surface area contributed by atoms with Crippen molar-refractivity contribution >= 4 is 5.78 Å². The van der Waals surface area contributed by atoms with E-state index in [0.29, 0.717) is 5.78 Å². The summed E-state index contributed by atoms with van der Waals surface area (Å²) >= 11 is 0. The molecule has 0 spiro atoms. The SMILES string of the molecule is CCCCCCCCCCCCCCCC(=O)CCCN(CCC)CCC. The minimum absolute atomic E-state index is 0.492. The van der Waals surface area contributed by atoms with Crippen LogP contribution in [0.5, 0.6) is 0 Å². The highest BCUT2D eigenvalue weighted by molar-refractivity contribution is 5.78. The zero-order chi connectivity index (χ0) is 20.0. The lowest BCUT2D eigenvalue weighted by molar-refractivity contribution is -0.119. The van der Waals surface area contributed by atoms with Gasteiger partial charge < -0.3 is 4.90 Å². The molecule has 0 aliphatic heterocycles. The number of carbonyl (C=O) groups excluding carboxylic acids is 1. The van der Waals surface area contributed by atoms with Gasteiger partial charge in [0.2, 0.25) is 0 Å². The molecule has 27 heavy (non-hydrogen) atoms. The van der Waals surface area contributed by atoms with Crippen molar-refractivity contribution in [3.63, 3.8) is 0 Å². The Hall–Kier alpha value is -0.370. The van der Waals surface area contributed by atoms with Gasteiger partial charge in [0.25, 0.3) is 0 Å². The first-order chi connectivity index (χ1) is 13.2. The van der Waals surface area contributed by atoms with E-state index >= 15 is 0 Å². The minimum atomic E-state index is 0.492. The van der Waals surface area contributed by atoms with Crippen molar-refractivity contribution < 1.29 is 4.79 Å². The molecule has 0 unspecified atom stereocenters. The maximum atomic E-state index is 12.0. The first-order valence-corrected chi connectivity index (χ1v) is 12.5. The van der Waals surface area contributed by atoms with E-state index in [2.05, 4.69) is 25.7 Å². The van der Waals surface area contributed by atoms with Crippen LogP contribution in [0.25, 0.3) is 0 Å². The molecule has 0 saturated heterocycles. The molecular weight excluding hydrogens is 330 g/mol.